The molecule has 0 fully saturated rings. The summed E-state index contributed by atoms with van der Waals surface area (Å²) in [5.41, 5.74) is 11.2. The van der Waals surface area contributed by atoms with Crippen LogP contribution in [0.3, 0.4) is 0 Å². The van der Waals surface area contributed by atoms with E-state index in [9.17, 15) is 38.4 Å². The molecule has 1 aromatic heterocycles. The number of primary amides is 1. The first-order valence-electron chi connectivity index (χ1n) is 15.1. The molecule has 0 unspecified atom stereocenters. The predicted molar refractivity (Wildman–Crippen MR) is 167 cm³/mol. The lowest BCUT2D eigenvalue weighted by molar-refractivity contribution is -0.143. The molecule has 0 aliphatic rings. The number of nitrogens with zero attached hydrogens (tertiary/aromatic N) is 1. The van der Waals surface area contributed by atoms with E-state index in [4.69, 9.17) is 21.7 Å². The van der Waals surface area contributed by atoms with Crippen molar-refractivity contribution < 1.29 is 48.6 Å². The number of carbonyl (C=O) groups excluding carboxylic acids is 7. The number of hydrogen-bond acceptors (Lipinski definition) is 11. The molecule has 0 aliphatic carbocycles. The number of aliphatic hydroxyl groups excluding tert-OH is 1. The minimum absolute atomic E-state index is 0.0242. The SMILES string of the molecule is CC(C)C[C@H](NC(=O)[C@H](Cc1cnc[nH]1)NC(=O)CNC(=O)[C@H](C)NC(=O)[C@@H](N)CCC(N)=O)C(=O)N[C@@H](C)C(=O)N[C@@H](CO)C(=O)O. The Balaban J connectivity index is 2.92. The lowest BCUT2D eigenvalue weighted by Crippen LogP contribution is -2.58. The highest BCUT2D eigenvalue weighted by atomic mass is 16.4. The van der Waals surface area contributed by atoms with Crippen LogP contribution in [0.1, 0.15) is 52.7 Å². The van der Waals surface area contributed by atoms with Crippen LogP contribution in [0.25, 0.3) is 0 Å². The Hall–Kier alpha value is -5.11. The van der Waals surface area contributed by atoms with Crippen LogP contribution in [0, 0.1) is 5.92 Å². The van der Waals surface area contributed by atoms with Crippen molar-refractivity contribution in [3.05, 3.63) is 18.2 Å². The maximum absolute atomic E-state index is 13.4. The Kier molecular flexibility index (Phi) is 17.2. The summed E-state index contributed by atoms with van der Waals surface area (Å²) in [6.07, 6.45) is 2.66. The third kappa shape index (κ3) is 15.0. The van der Waals surface area contributed by atoms with Crippen molar-refractivity contribution >= 4 is 47.3 Å². The fraction of sp³-hybridized carbons (Fsp3) is 0.607. The van der Waals surface area contributed by atoms with Crippen molar-refractivity contribution in [2.45, 2.75) is 89.6 Å². The van der Waals surface area contributed by atoms with Gasteiger partial charge in [-0.3, -0.25) is 33.6 Å². The van der Waals surface area contributed by atoms with Crippen LogP contribution in [0.4, 0.5) is 0 Å². The molecule has 48 heavy (non-hydrogen) atoms. The Labute approximate surface area is 276 Å². The van der Waals surface area contributed by atoms with Gasteiger partial charge in [0.2, 0.25) is 41.4 Å². The average Bonchev–Trinajstić information content (AvgIpc) is 3.52. The van der Waals surface area contributed by atoms with Crippen molar-refractivity contribution in [2.75, 3.05) is 13.2 Å². The molecular weight excluding hydrogens is 636 g/mol. The van der Waals surface area contributed by atoms with Gasteiger partial charge in [0.15, 0.2) is 0 Å². The number of carboxylic acid groups (broad SMARTS) is 1. The van der Waals surface area contributed by atoms with Gasteiger partial charge in [-0.25, -0.2) is 9.78 Å². The summed E-state index contributed by atoms with van der Waals surface area (Å²) in [4.78, 5) is 105. The van der Waals surface area contributed by atoms with E-state index in [0.717, 1.165) is 0 Å². The molecule has 20 nitrogen and oxygen atoms in total. The van der Waals surface area contributed by atoms with Gasteiger partial charge in [-0.2, -0.15) is 0 Å². The lowest BCUT2D eigenvalue weighted by atomic mass is 10.0. The zero-order valence-electron chi connectivity index (χ0n) is 27.2. The lowest BCUT2D eigenvalue weighted by Gasteiger charge is -2.25. The Morgan fingerprint density at radius 2 is 1.40 bits per heavy atom. The van der Waals surface area contributed by atoms with Crippen LogP contribution in [0.2, 0.25) is 0 Å². The van der Waals surface area contributed by atoms with Crippen molar-refractivity contribution in [3.63, 3.8) is 0 Å². The number of aliphatic hydroxyl groups is 1. The quantitative estimate of drug-likeness (QED) is 0.0582. The summed E-state index contributed by atoms with van der Waals surface area (Å²) in [6, 6.07) is -7.46. The first-order valence-corrected chi connectivity index (χ1v) is 15.1. The van der Waals surface area contributed by atoms with Crippen molar-refractivity contribution in [1.82, 2.24) is 41.9 Å². The van der Waals surface area contributed by atoms with Gasteiger partial charge in [0.05, 0.1) is 25.5 Å². The van der Waals surface area contributed by atoms with Crippen LogP contribution in [-0.4, -0.2) is 117 Å². The smallest absolute Gasteiger partial charge is 0.328 e. The van der Waals surface area contributed by atoms with Gasteiger partial charge in [0.1, 0.15) is 30.2 Å². The monoisotopic (exact) mass is 682 g/mol. The van der Waals surface area contributed by atoms with E-state index >= 15 is 0 Å². The highest BCUT2D eigenvalue weighted by molar-refractivity contribution is 5.96. The topological polar surface area (TPSA) is 330 Å². The van der Waals surface area contributed by atoms with Gasteiger partial charge < -0.3 is 58.6 Å². The van der Waals surface area contributed by atoms with Gasteiger partial charge >= 0.3 is 5.97 Å². The van der Waals surface area contributed by atoms with E-state index in [-0.39, 0.29) is 31.6 Å². The van der Waals surface area contributed by atoms with E-state index in [1.807, 2.05) is 0 Å². The Morgan fingerprint density at radius 3 is 1.94 bits per heavy atom. The molecule has 0 bridgehead atoms. The summed E-state index contributed by atoms with van der Waals surface area (Å²) in [7, 11) is 0. The first kappa shape index (κ1) is 40.9. The molecule has 7 amide bonds. The zero-order valence-corrected chi connectivity index (χ0v) is 27.2. The average molecular weight is 683 g/mol. The molecule has 6 atom stereocenters. The molecule has 1 aromatic rings. The second-order valence-electron chi connectivity index (χ2n) is 11.5. The van der Waals surface area contributed by atoms with Gasteiger partial charge in [0.25, 0.3) is 0 Å². The zero-order chi connectivity index (χ0) is 36.6. The second-order valence-corrected chi connectivity index (χ2v) is 11.5. The van der Waals surface area contributed by atoms with Crippen LogP contribution in [-0.2, 0) is 44.8 Å². The Morgan fingerprint density at radius 1 is 0.812 bits per heavy atom. The second kappa shape index (κ2) is 20.2. The standard InChI is InChI=1S/C28H46N10O10/c1-13(2)7-18(26(45)35-15(4)24(43)38-20(11-39)28(47)48)37-27(46)19(8-16-9-31-12-33-16)36-22(41)10-32-23(42)14(3)34-25(44)17(29)5-6-21(30)40/h9,12-15,17-20,39H,5-8,10-11,29H2,1-4H3,(H2,30,40)(H,31,33)(H,32,42)(H,34,44)(H,35,45)(H,36,41)(H,37,46)(H,38,43)(H,47,48)/t14-,15-,17-,18-,19-,20-/m0/s1. The summed E-state index contributed by atoms with van der Waals surface area (Å²) in [5, 5.41) is 32.5. The van der Waals surface area contributed by atoms with Crippen molar-refractivity contribution in [2.24, 2.45) is 17.4 Å². The number of carboxylic acids is 1. The number of carbonyl (C=O) groups is 8. The van der Waals surface area contributed by atoms with Crippen LogP contribution in [0.15, 0.2) is 12.5 Å². The molecule has 0 radical (unpaired) electrons. The van der Waals surface area contributed by atoms with Crippen LogP contribution >= 0.6 is 0 Å². The molecule has 0 aliphatic heterocycles. The summed E-state index contributed by atoms with van der Waals surface area (Å²) in [6.45, 7) is 4.75. The fourth-order valence-electron chi connectivity index (χ4n) is 4.04. The largest absolute Gasteiger partial charge is 0.480 e. The molecule has 268 valence electrons. The molecule has 13 N–H and O–H groups in total. The number of rotatable bonds is 21. The molecule has 1 heterocycles. The third-order valence-electron chi connectivity index (χ3n) is 6.73. The normalized spacial score (nSPS) is 14.6. The Bertz CT molecular complexity index is 1290. The minimum Gasteiger partial charge on any atom is -0.480 e. The van der Waals surface area contributed by atoms with Crippen LogP contribution < -0.4 is 43.4 Å². The summed E-state index contributed by atoms with van der Waals surface area (Å²) < 4.78 is 0. The van der Waals surface area contributed by atoms with E-state index in [1.165, 1.54) is 26.4 Å². The van der Waals surface area contributed by atoms with Gasteiger partial charge in [-0.05, 0) is 32.6 Å². The number of aliphatic carboxylic acids is 1. The van der Waals surface area contributed by atoms with E-state index in [2.05, 4.69) is 41.9 Å². The van der Waals surface area contributed by atoms with E-state index < -0.39 is 96.7 Å². The number of aromatic amines is 1. The number of H-pyrrole nitrogens is 1. The molecule has 0 saturated carbocycles. The number of nitrogens with two attached hydrogens (primary N) is 2. The van der Waals surface area contributed by atoms with E-state index in [0.29, 0.717) is 5.69 Å². The third-order valence-corrected chi connectivity index (χ3v) is 6.73. The molecule has 1 rings (SSSR count). The molecule has 0 saturated heterocycles. The molecule has 0 aromatic carbocycles. The highest BCUT2D eigenvalue weighted by Gasteiger charge is 2.31. The number of hydrogen-bond donors (Lipinski definition) is 11. The van der Waals surface area contributed by atoms with Gasteiger partial charge in [0, 0.05) is 24.7 Å². The number of imidazole rings is 1. The fourth-order valence-corrected chi connectivity index (χ4v) is 4.04. The summed E-state index contributed by atoms with van der Waals surface area (Å²) in [5.74, 6) is -6.89. The molecular formula is C28H46N10O10. The highest BCUT2D eigenvalue weighted by Crippen LogP contribution is 2.08. The maximum atomic E-state index is 13.4. The molecule has 0 spiro atoms. The number of amides is 7. The van der Waals surface area contributed by atoms with Gasteiger partial charge in [-0.1, -0.05) is 13.8 Å². The minimum atomic E-state index is -1.58. The van der Waals surface area contributed by atoms with Crippen LogP contribution in [0.5, 0.6) is 0 Å². The number of aromatic nitrogens is 2. The first-order chi connectivity index (χ1) is 22.4. The van der Waals surface area contributed by atoms with Crippen molar-refractivity contribution in [1.29, 1.82) is 0 Å². The van der Waals surface area contributed by atoms with E-state index in [1.54, 1.807) is 13.8 Å². The van der Waals surface area contributed by atoms with Crippen molar-refractivity contribution in [3.8, 4) is 0 Å². The molecule has 20 heteroatoms. The maximum Gasteiger partial charge on any atom is 0.328 e. The van der Waals surface area contributed by atoms with Gasteiger partial charge in [-0.15, -0.1) is 0 Å². The predicted octanol–water partition coefficient (Wildman–Crippen LogP) is -4.75. The summed E-state index contributed by atoms with van der Waals surface area (Å²) >= 11 is 0. The number of nitrogens with one attached hydrogen (secondary N) is 7.